The van der Waals surface area contributed by atoms with Crippen molar-refractivity contribution in [2.75, 3.05) is 7.11 Å². The van der Waals surface area contributed by atoms with E-state index in [0.717, 1.165) is 22.3 Å². The summed E-state index contributed by atoms with van der Waals surface area (Å²) in [4.78, 5) is 28.7. The van der Waals surface area contributed by atoms with Gasteiger partial charge in [0.1, 0.15) is 19.9 Å². The van der Waals surface area contributed by atoms with E-state index >= 15 is 0 Å². The standard InChI is InChI=1S/C35H51NO5Si/c1-23(2)29-21-30(27(8)31(22-29)41-35(38)36(24(3)4)25(5)6)32(20-26(7)18-19-42(10,11)12)40-34(37)33(39-9)28-16-14-13-15-17-28/h13-17,20,24-25,29-30,32-33H,1,21-22H2,2-12H3/b26-20+/t29-,30-,32-,33+/m1/s1. The minimum absolute atomic E-state index is 0.0112. The second kappa shape index (κ2) is 15.4. The van der Waals surface area contributed by atoms with Crippen molar-refractivity contribution in [2.45, 2.75) is 105 Å². The van der Waals surface area contributed by atoms with Crippen LogP contribution in [0.1, 0.15) is 73.0 Å². The van der Waals surface area contributed by atoms with E-state index in [9.17, 15) is 9.59 Å². The van der Waals surface area contributed by atoms with E-state index in [4.69, 9.17) is 14.2 Å². The Morgan fingerprint density at radius 2 is 1.67 bits per heavy atom. The average Bonchev–Trinajstić information content (AvgIpc) is 2.88. The molecule has 0 saturated carbocycles. The molecular weight excluding hydrogens is 542 g/mol. The molecule has 0 radical (unpaired) electrons. The van der Waals surface area contributed by atoms with Crippen molar-refractivity contribution in [3.05, 3.63) is 71.0 Å². The van der Waals surface area contributed by atoms with Gasteiger partial charge in [-0.3, -0.25) is 0 Å². The summed E-state index contributed by atoms with van der Waals surface area (Å²) in [6.45, 7) is 24.6. The normalized spacial score (nSPS) is 19.1. The summed E-state index contributed by atoms with van der Waals surface area (Å²) in [6.07, 6.45) is 1.31. The SMILES string of the molecule is C=C(C)[C@H]1CC(OC(=O)N(C(C)C)C(C)C)=C(C)[C@H]([C@@H](/C=C(\C)C#C[Si](C)(C)C)OC(=O)[C@@H](OC)c2ccccc2)C1. The van der Waals surface area contributed by atoms with E-state index in [1.165, 1.54) is 7.11 Å². The third-order valence-electron chi connectivity index (χ3n) is 7.45. The van der Waals surface area contributed by atoms with Gasteiger partial charge in [-0.25, -0.2) is 9.59 Å². The average molecular weight is 594 g/mol. The van der Waals surface area contributed by atoms with Crippen LogP contribution in [0.15, 0.2) is 65.5 Å². The highest BCUT2D eigenvalue weighted by Crippen LogP contribution is 2.41. The molecule has 2 rings (SSSR count). The molecule has 0 unspecified atom stereocenters. The van der Waals surface area contributed by atoms with Gasteiger partial charge >= 0.3 is 12.1 Å². The van der Waals surface area contributed by atoms with Crippen molar-refractivity contribution in [2.24, 2.45) is 11.8 Å². The lowest BCUT2D eigenvalue weighted by molar-refractivity contribution is -0.161. The number of benzene rings is 1. The van der Waals surface area contributed by atoms with Crippen LogP contribution in [0.5, 0.6) is 0 Å². The van der Waals surface area contributed by atoms with Crippen molar-refractivity contribution in [1.82, 2.24) is 4.90 Å². The zero-order valence-electron chi connectivity index (χ0n) is 27.5. The quantitative estimate of drug-likeness (QED) is 0.118. The molecule has 1 aromatic rings. The molecule has 230 valence electrons. The van der Waals surface area contributed by atoms with Crippen LogP contribution < -0.4 is 0 Å². The molecule has 42 heavy (non-hydrogen) atoms. The first-order valence-corrected chi connectivity index (χ1v) is 18.4. The second-order valence-electron chi connectivity index (χ2n) is 12.9. The largest absolute Gasteiger partial charge is 0.455 e. The molecule has 0 spiro atoms. The van der Waals surface area contributed by atoms with Crippen molar-refractivity contribution < 1.29 is 23.8 Å². The number of ether oxygens (including phenoxy) is 3. The van der Waals surface area contributed by atoms with E-state index in [1.807, 2.05) is 84.9 Å². The number of hydrogen-bond donors (Lipinski definition) is 0. The minimum atomic E-state index is -1.62. The number of allylic oxidation sites excluding steroid dienone is 3. The molecule has 7 heteroatoms. The fraction of sp³-hybridized carbons (Fsp3) is 0.543. The lowest BCUT2D eigenvalue weighted by Gasteiger charge is -2.37. The van der Waals surface area contributed by atoms with Crippen LogP contribution >= 0.6 is 0 Å². The van der Waals surface area contributed by atoms with E-state index in [1.54, 1.807) is 4.90 Å². The third-order valence-corrected chi connectivity index (χ3v) is 8.32. The predicted octanol–water partition coefficient (Wildman–Crippen LogP) is 8.24. The molecular formula is C35H51NO5Si. The maximum absolute atomic E-state index is 13.6. The molecule has 0 N–H and O–H groups in total. The molecule has 1 aromatic carbocycles. The Morgan fingerprint density at radius 3 is 2.17 bits per heavy atom. The second-order valence-corrected chi connectivity index (χ2v) is 17.7. The molecule has 0 aromatic heterocycles. The molecule has 0 saturated heterocycles. The highest BCUT2D eigenvalue weighted by molar-refractivity contribution is 6.83. The molecule has 0 aliphatic heterocycles. The van der Waals surface area contributed by atoms with Crippen LogP contribution in [-0.2, 0) is 19.0 Å². The van der Waals surface area contributed by atoms with Crippen LogP contribution in [0.4, 0.5) is 4.79 Å². The van der Waals surface area contributed by atoms with Gasteiger partial charge in [0, 0.05) is 31.5 Å². The van der Waals surface area contributed by atoms with Crippen LogP contribution in [-0.4, -0.2) is 50.3 Å². The first-order valence-electron chi connectivity index (χ1n) is 14.9. The Bertz CT molecular complexity index is 1220. The lowest BCUT2D eigenvalue weighted by atomic mass is 9.75. The number of esters is 1. The summed E-state index contributed by atoms with van der Waals surface area (Å²) in [5.74, 6) is 3.25. The maximum atomic E-state index is 13.6. The molecule has 0 fully saturated rings. The molecule has 0 heterocycles. The van der Waals surface area contributed by atoms with Gasteiger partial charge < -0.3 is 19.1 Å². The molecule has 6 nitrogen and oxygen atoms in total. The summed E-state index contributed by atoms with van der Waals surface area (Å²) in [6, 6.07) is 9.30. The lowest BCUT2D eigenvalue weighted by Crippen LogP contribution is -2.43. The van der Waals surface area contributed by atoms with E-state index < -0.39 is 26.3 Å². The minimum Gasteiger partial charge on any atom is -0.455 e. The van der Waals surface area contributed by atoms with Crippen LogP contribution in [0.2, 0.25) is 19.6 Å². The summed E-state index contributed by atoms with van der Waals surface area (Å²) < 4.78 is 18.0. The van der Waals surface area contributed by atoms with Gasteiger partial charge in [-0.1, -0.05) is 68.0 Å². The highest BCUT2D eigenvalue weighted by Gasteiger charge is 2.37. The smallest absolute Gasteiger partial charge is 0.415 e. The zero-order chi connectivity index (χ0) is 31.8. The van der Waals surface area contributed by atoms with E-state index in [0.29, 0.717) is 18.6 Å². The first-order chi connectivity index (χ1) is 19.5. The Kier molecular flexibility index (Phi) is 12.9. The Balaban J connectivity index is 2.59. The third kappa shape index (κ3) is 10.0. The molecule has 1 aliphatic carbocycles. The summed E-state index contributed by atoms with van der Waals surface area (Å²) >= 11 is 0. The summed E-state index contributed by atoms with van der Waals surface area (Å²) in [7, 11) is -0.117. The van der Waals surface area contributed by atoms with Crippen LogP contribution in [0, 0.1) is 23.3 Å². The fourth-order valence-corrected chi connectivity index (χ4v) is 5.78. The Hall–Kier alpha value is -3.08. The highest BCUT2D eigenvalue weighted by atomic mass is 28.3. The van der Waals surface area contributed by atoms with E-state index in [-0.39, 0.29) is 30.0 Å². The van der Waals surface area contributed by atoms with Crippen molar-refractivity contribution in [3.63, 3.8) is 0 Å². The van der Waals surface area contributed by atoms with Crippen LogP contribution in [0.25, 0.3) is 0 Å². The topological polar surface area (TPSA) is 65.1 Å². The van der Waals surface area contributed by atoms with E-state index in [2.05, 4.69) is 37.7 Å². The van der Waals surface area contributed by atoms with Gasteiger partial charge in [0.2, 0.25) is 0 Å². The number of methoxy groups -OCH3 is 1. The fourth-order valence-electron chi connectivity index (χ4n) is 5.21. The molecule has 0 bridgehead atoms. The summed E-state index contributed by atoms with van der Waals surface area (Å²) in [5.41, 5.74) is 6.84. The Labute approximate surface area is 255 Å². The monoisotopic (exact) mass is 593 g/mol. The number of nitrogens with zero attached hydrogens (tertiary/aromatic N) is 1. The Morgan fingerprint density at radius 1 is 1.07 bits per heavy atom. The van der Waals surface area contributed by atoms with Crippen molar-refractivity contribution in [1.29, 1.82) is 0 Å². The summed E-state index contributed by atoms with van der Waals surface area (Å²) in [5, 5.41) is 0. The van der Waals surface area contributed by atoms with Gasteiger partial charge in [0.15, 0.2) is 6.10 Å². The molecule has 1 aliphatic rings. The van der Waals surface area contributed by atoms with Gasteiger partial charge in [-0.05, 0) is 83.6 Å². The molecule has 4 atom stereocenters. The van der Waals surface area contributed by atoms with Gasteiger partial charge in [0.05, 0.1) is 0 Å². The predicted molar refractivity (Wildman–Crippen MR) is 173 cm³/mol. The van der Waals surface area contributed by atoms with Gasteiger partial charge in [0.25, 0.3) is 0 Å². The zero-order valence-corrected chi connectivity index (χ0v) is 28.5. The maximum Gasteiger partial charge on any atom is 0.415 e. The number of carbonyl (C=O) groups excluding carboxylic acids is 2. The molecule has 1 amide bonds. The van der Waals surface area contributed by atoms with Gasteiger partial charge in [-0.15, -0.1) is 5.54 Å². The van der Waals surface area contributed by atoms with Crippen molar-refractivity contribution >= 4 is 20.1 Å². The van der Waals surface area contributed by atoms with Gasteiger partial charge in [-0.2, -0.15) is 0 Å². The number of amides is 1. The number of hydrogen-bond acceptors (Lipinski definition) is 5. The number of carbonyl (C=O) groups is 2. The van der Waals surface area contributed by atoms with Crippen molar-refractivity contribution in [3.8, 4) is 11.5 Å². The van der Waals surface area contributed by atoms with Crippen LogP contribution in [0.3, 0.4) is 0 Å². The first kappa shape index (κ1) is 35.1. The number of rotatable bonds is 10.